The molecule has 7 nitrogen and oxygen atoms in total. The van der Waals surface area contributed by atoms with Crippen molar-refractivity contribution in [3.05, 3.63) is 64.0 Å². The van der Waals surface area contributed by atoms with Crippen LogP contribution in [0.1, 0.15) is 42.1 Å². The van der Waals surface area contributed by atoms with E-state index < -0.39 is 0 Å². The average molecular weight is 337 g/mol. The summed E-state index contributed by atoms with van der Waals surface area (Å²) in [6, 6.07) is 8.31. The number of hydrogen-bond donors (Lipinski definition) is 2. The van der Waals surface area contributed by atoms with E-state index in [0.717, 1.165) is 5.56 Å². The van der Waals surface area contributed by atoms with E-state index in [9.17, 15) is 9.59 Å². The fourth-order valence-electron chi connectivity index (χ4n) is 3.08. The van der Waals surface area contributed by atoms with Crippen LogP contribution in [-0.2, 0) is 17.8 Å². The van der Waals surface area contributed by atoms with Crippen molar-refractivity contribution >= 4 is 11.6 Å². The van der Waals surface area contributed by atoms with Crippen LogP contribution in [-0.4, -0.2) is 25.5 Å². The highest BCUT2D eigenvalue weighted by Crippen LogP contribution is 2.36. The van der Waals surface area contributed by atoms with Crippen molar-refractivity contribution in [3.63, 3.8) is 0 Å². The van der Waals surface area contributed by atoms with E-state index >= 15 is 0 Å². The molecular weight excluding hydrogens is 318 g/mol. The molecular formula is C18H19N5O2. The van der Waals surface area contributed by atoms with Crippen LogP contribution in [0.3, 0.4) is 0 Å². The summed E-state index contributed by atoms with van der Waals surface area (Å²) in [7, 11) is 0. The van der Waals surface area contributed by atoms with Crippen LogP contribution in [0.2, 0.25) is 0 Å². The number of fused-ring (bicyclic) bond motifs is 1. The van der Waals surface area contributed by atoms with Crippen LogP contribution < -0.4 is 10.9 Å². The van der Waals surface area contributed by atoms with Crippen molar-refractivity contribution in [2.75, 3.05) is 0 Å². The molecule has 0 aliphatic heterocycles. The topological polar surface area (TPSA) is 92.2 Å². The molecule has 4 rings (SSSR count). The molecule has 1 saturated carbocycles. The summed E-state index contributed by atoms with van der Waals surface area (Å²) in [5.74, 6) is 1.14. The number of rotatable bonds is 5. The quantitative estimate of drug-likeness (QED) is 0.739. The molecule has 0 bridgehead atoms. The lowest BCUT2D eigenvalue weighted by atomic mass is 9.80. The number of amides is 1. The summed E-state index contributed by atoms with van der Waals surface area (Å²) in [6.45, 7) is 0.226. The molecule has 1 fully saturated rings. The number of aromatic nitrogens is 4. The molecule has 0 radical (unpaired) electrons. The molecule has 1 aliphatic rings. The van der Waals surface area contributed by atoms with Crippen molar-refractivity contribution in [1.29, 1.82) is 0 Å². The Labute approximate surface area is 144 Å². The molecule has 2 N–H and O–H groups in total. The Morgan fingerprint density at radius 1 is 1.24 bits per heavy atom. The molecule has 0 saturated heterocycles. The van der Waals surface area contributed by atoms with E-state index in [1.165, 1.54) is 31.0 Å². The molecule has 2 aromatic heterocycles. The highest BCUT2D eigenvalue weighted by atomic mass is 16.1. The zero-order valence-corrected chi connectivity index (χ0v) is 13.7. The highest BCUT2D eigenvalue weighted by Gasteiger charge is 2.19. The van der Waals surface area contributed by atoms with Crippen molar-refractivity contribution in [2.24, 2.45) is 0 Å². The predicted molar refractivity (Wildman–Crippen MR) is 92.2 cm³/mol. The van der Waals surface area contributed by atoms with Crippen LogP contribution in [0.25, 0.3) is 5.65 Å². The molecule has 2 heterocycles. The zero-order chi connectivity index (χ0) is 17.2. The first kappa shape index (κ1) is 15.6. The van der Waals surface area contributed by atoms with Gasteiger partial charge in [0.25, 0.3) is 5.56 Å². The lowest BCUT2D eigenvalue weighted by Gasteiger charge is -2.25. The highest BCUT2D eigenvalue weighted by molar-refractivity contribution is 5.78. The third-order valence-corrected chi connectivity index (χ3v) is 4.77. The summed E-state index contributed by atoms with van der Waals surface area (Å²) in [5.41, 5.74) is 2.27. The first-order valence-corrected chi connectivity index (χ1v) is 8.47. The zero-order valence-electron chi connectivity index (χ0n) is 13.7. The first-order valence-electron chi connectivity index (χ1n) is 8.47. The summed E-state index contributed by atoms with van der Waals surface area (Å²) >= 11 is 0. The fourth-order valence-corrected chi connectivity index (χ4v) is 3.08. The van der Waals surface area contributed by atoms with E-state index in [1.54, 1.807) is 10.6 Å². The third kappa shape index (κ3) is 3.17. The lowest BCUT2D eigenvalue weighted by molar-refractivity contribution is -0.120. The number of H-pyrrole nitrogens is 1. The van der Waals surface area contributed by atoms with Crippen LogP contribution in [0.15, 0.2) is 41.5 Å². The molecule has 0 atom stereocenters. The average Bonchev–Trinajstić information content (AvgIpc) is 2.98. The van der Waals surface area contributed by atoms with Gasteiger partial charge in [0.15, 0.2) is 5.82 Å². The van der Waals surface area contributed by atoms with Gasteiger partial charge in [-0.25, -0.2) is 0 Å². The SMILES string of the molecule is O=C(Cc1ccc(C2CCC2)cc1)NCc1nnc2c(=O)[nH]ccn12. The van der Waals surface area contributed by atoms with Crippen LogP contribution in [0, 0.1) is 0 Å². The smallest absolute Gasteiger partial charge is 0.293 e. The Bertz CT molecular complexity index is 954. The Kier molecular flexibility index (Phi) is 4.05. The molecule has 128 valence electrons. The van der Waals surface area contributed by atoms with Gasteiger partial charge in [-0.1, -0.05) is 30.7 Å². The molecule has 7 heteroatoms. The minimum atomic E-state index is -0.306. The van der Waals surface area contributed by atoms with Gasteiger partial charge in [-0.3, -0.25) is 14.0 Å². The van der Waals surface area contributed by atoms with Crippen molar-refractivity contribution in [2.45, 2.75) is 38.1 Å². The van der Waals surface area contributed by atoms with Gasteiger partial charge in [-0.05, 0) is 29.9 Å². The van der Waals surface area contributed by atoms with Crippen LogP contribution >= 0.6 is 0 Å². The number of benzene rings is 1. The Hall–Kier alpha value is -2.96. The van der Waals surface area contributed by atoms with E-state index in [-0.39, 0.29) is 23.7 Å². The largest absolute Gasteiger partial charge is 0.348 e. The van der Waals surface area contributed by atoms with Gasteiger partial charge < -0.3 is 10.3 Å². The second-order valence-corrected chi connectivity index (χ2v) is 6.42. The number of nitrogens with zero attached hydrogens (tertiary/aromatic N) is 3. The number of carbonyl (C=O) groups is 1. The van der Waals surface area contributed by atoms with Gasteiger partial charge in [0, 0.05) is 12.4 Å². The number of aromatic amines is 1. The Balaban J connectivity index is 1.37. The Morgan fingerprint density at radius 2 is 2.04 bits per heavy atom. The standard InChI is InChI=1S/C18H19N5O2/c24-16(10-12-4-6-14(7-5-12)13-2-1-3-13)20-11-15-21-22-17-18(25)19-8-9-23(15)17/h4-9,13H,1-3,10-11H2,(H,19,25)(H,20,24). The van der Waals surface area contributed by atoms with Crippen molar-refractivity contribution in [3.8, 4) is 0 Å². The van der Waals surface area contributed by atoms with Crippen LogP contribution in [0.4, 0.5) is 0 Å². The summed E-state index contributed by atoms with van der Waals surface area (Å²) in [4.78, 5) is 26.3. The first-order chi connectivity index (χ1) is 12.2. The van der Waals surface area contributed by atoms with E-state index in [0.29, 0.717) is 18.2 Å². The normalized spacial score (nSPS) is 14.4. The summed E-state index contributed by atoms with van der Waals surface area (Å²) in [6.07, 6.45) is 7.37. The molecule has 0 unspecified atom stereocenters. The predicted octanol–water partition coefficient (Wildman–Crippen LogP) is 1.54. The van der Waals surface area contributed by atoms with Crippen molar-refractivity contribution < 1.29 is 4.79 Å². The number of hydrogen-bond acceptors (Lipinski definition) is 4. The van der Waals surface area contributed by atoms with Crippen molar-refractivity contribution in [1.82, 2.24) is 24.9 Å². The number of carbonyl (C=O) groups excluding carboxylic acids is 1. The summed E-state index contributed by atoms with van der Waals surface area (Å²) in [5, 5.41) is 10.6. The van der Waals surface area contributed by atoms with E-state index in [4.69, 9.17) is 0 Å². The van der Waals surface area contributed by atoms with Gasteiger partial charge in [0.05, 0.1) is 13.0 Å². The second-order valence-electron chi connectivity index (χ2n) is 6.42. The minimum absolute atomic E-state index is 0.0852. The van der Waals surface area contributed by atoms with Gasteiger partial charge in [0.1, 0.15) is 0 Å². The third-order valence-electron chi connectivity index (χ3n) is 4.77. The molecule has 1 aliphatic carbocycles. The lowest BCUT2D eigenvalue weighted by Crippen LogP contribution is -2.25. The van der Waals surface area contributed by atoms with Crippen LogP contribution in [0.5, 0.6) is 0 Å². The maximum Gasteiger partial charge on any atom is 0.293 e. The molecule has 25 heavy (non-hydrogen) atoms. The fraction of sp³-hybridized carbons (Fsp3) is 0.333. The molecule has 0 spiro atoms. The van der Waals surface area contributed by atoms with Gasteiger partial charge in [0.2, 0.25) is 11.6 Å². The van der Waals surface area contributed by atoms with E-state index in [1.807, 2.05) is 12.1 Å². The summed E-state index contributed by atoms with van der Waals surface area (Å²) < 4.78 is 1.58. The molecule has 1 amide bonds. The number of nitrogens with one attached hydrogen (secondary N) is 2. The maximum absolute atomic E-state index is 12.2. The molecule has 1 aromatic carbocycles. The van der Waals surface area contributed by atoms with Gasteiger partial charge >= 0.3 is 0 Å². The molecule has 3 aromatic rings. The second kappa shape index (κ2) is 6.51. The monoisotopic (exact) mass is 337 g/mol. The van der Waals surface area contributed by atoms with Gasteiger partial charge in [-0.2, -0.15) is 0 Å². The van der Waals surface area contributed by atoms with Gasteiger partial charge in [-0.15, -0.1) is 10.2 Å². The van der Waals surface area contributed by atoms with E-state index in [2.05, 4.69) is 32.6 Å². The minimum Gasteiger partial charge on any atom is -0.348 e. The maximum atomic E-state index is 12.2. The Morgan fingerprint density at radius 3 is 2.76 bits per heavy atom.